The van der Waals surface area contributed by atoms with Gasteiger partial charge in [0, 0.05) is 6.07 Å². The van der Waals surface area contributed by atoms with Crippen molar-refractivity contribution in [2.24, 2.45) is 0 Å². The highest BCUT2D eigenvalue weighted by molar-refractivity contribution is 5.51. The third-order valence-electron chi connectivity index (χ3n) is 2.30. The predicted molar refractivity (Wildman–Crippen MR) is 62.9 cm³/mol. The fourth-order valence-electron chi connectivity index (χ4n) is 1.40. The molecule has 0 aliphatic heterocycles. The number of methoxy groups -OCH3 is 2. The van der Waals surface area contributed by atoms with Gasteiger partial charge in [0.15, 0.2) is 11.5 Å². The van der Waals surface area contributed by atoms with Crippen LogP contribution in [0.4, 0.5) is 0 Å². The fraction of sp³-hybridized carbons (Fsp3) is 0.500. The largest absolute Gasteiger partial charge is 0.497 e. The number of rotatable bonds is 6. The van der Waals surface area contributed by atoms with Crippen molar-refractivity contribution in [1.29, 1.82) is 0 Å². The topological polar surface area (TPSA) is 68.2 Å². The van der Waals surface area contributed by atoms with Crippen LogP contribution in [0.2, 0.25) is 0 Å². The lowest BCUT2D eigenvalue weighted by atomic mass is 10.2. The Labute approximate surface area is 101 Å². The molecule has 0 spiro atoms. The van der Waals surface area contributed by atoms with Crippen molar-refractivity contribution in [3.63, 3.8) is 0 Å². The highest BCUT2D eigenvalue weighted by Crippen LogP contribution is 2.35. The van der Waals surface area contributed by atoms with E-state index < -0.39 is 6.10 Å². The lowest BCUT2D eigenvalue weighted by molar-refractivity contribution is 0.0525. The Balaban J connectivity index is 2.89. The minimum atomic E-state index is -0.902. The SMILES string of the molecule is COc1cc(C)c(OCC(O)CO)c(OC)c1. The summed E-state index contributed by atoms with van der Waals surface area (Å²) in [5.41, 5.74) is 0.839. The van der Waals surface area contributed by atoms with Crippen molar-refractivity contribution in [1.82, 2.24) is 0 Å². The van der Waals surface area contributed by atoms with Gasteiger partial charge < -0.3 is 24.4 Å². The summed E-state index contributed by atoms with van der Waals surface area (Å²) in [6.45, 7) is 1.53. The van der Waals surface area contributed by atoms with Crippen molar-refractivity contribution < 1.29 is 24.4 Å². The molecule has 1 aromatic carbocycles. The first-order valence-electron chi connectivity index (χ1n) is 5.26. The van der Waals surface area contributed by atoms with Crippen LogP contribution in [0.1, 0.15) is 5.56 Å². The third-order valence-corrected chi connectivity index (χ3v) is 2.30. The van der Waals surface area contributed by atoms with Crippen LogP contribution in [-0.4, -0.2) is 43.8 Å². The monoisotopic (exact) mass is 242 g/mol. The van der Waals surface area contributed by atoms with E-state index in [1.807, 2.05) is 13.0 Å². The highest BCUT2D eigenvalue weighted by atomic mass is 16.5. The van der Waals surface area contributed by atoms with Gasteiger partial charge in [0.05, 0.1) is 20.8 Å². The molecule has 1 unspecified atom stereocenters. The molecule has 0 fully saturated rings. The minimum Gasteiger partial charge on any atom is -0.497 e. The van der Waals surface area contributed by atoms with Crippen molar-refractivity contribution in [2.75, 3.05) is 27.4 Å². The Morgan fingerprint density at radius 2 is 1.94 bits per heavy atom. The molecule has 2 N–H and O–H groups in total. The molecule has 0 amide bonds. The molecule has 5 nitrogen and oxygen atoms in total. The predicted octanol–water partition coefficient (Wildman–Crippen LogP) is 0.744. The van der Waals surface area contributed by atoms with Crippen molar-refractivity contribution in [2.45, 2.75) is 13.0 Å². The molecular weight excluding hydrogens is 224 g/mol. The lowest BCUT2D eigenvalue weighted by Crippen LogP contribution is -2.21. The zero-order chi connectivity index (χ0) is 12.8. The normalized spacial score (nSPS) is 12.1. The van der Waals surface area contributed by atoms with Gasteiger partial charge in [-0.05, 0) is 18.6 Å². The number of aliphatic hydroxyl groups is 2. The standard InChI is InChI=1S/C12H18O5/c1-8-4-10(15-2)5-11(16-3)12(8)17-7-9(14)6-13/h4-5,9,13-14H,6-7H2,1-3H3. The van der Waals surface area contributed by atoms with E-state index in [9.17, 15) is 5.11 Å². The van der Waals surface area contributed by atoms with E-state index in [0.717, 1.165) is 5.56 Å². The molecule has 0 radical (unpaired) electrons. The molecule has 0 saturated heterocycles. The molecule has 0 bridgehead atoms. The number of benzene rings is 1. The van der Waals surface area contributed by atoms with Crippen LogP contribution in [0.5, 0.6) is 17.2 Å². The summed E-state index contributed by atoms with van der Waals surface area (Å²) < 4.78 is 15.7. The first kappa shape index (κ1) is 13.6. The quantitative estimate of drug-likeness (QED) is 0.770. The Hall–Kier alpha value is -1.46. The maximum atomic E-state index is 9.23. The van der Waals surface area contributed by atoms with Crippen LogP contribution >= 0.6 is 0 Å². The molecule has 0 aromatic heterocycles. The van der Waals surface area contributed by atoms with E-state index in [4.69, 9.17) is 19.3 Å². The van der Waals surface area contributed by atoms with E-state index in [-0.39, 0.29) is 13.2 Å². The van der Waals surface area contributed by atoms with Crippen LogP contribution in [0.3, 0.4) is 0 Å². The first-order valence-corrected chi connectivity index (χ1v) is 5.26. The van der Waals surface area contributed by atoms with Gasteiger partial charge in [-0.3, -0.25) is 0 Å². The number of hydrogen-bond acceptors (Lipinski definition) is 5. The van der Waals surface area contributed by atoms with Gasteiger partial charge in [-0.25, -0.2) is 0 Å². The number of ether oxygens (including phenoxy) is 3. The maximum absolute atomic E-state index is 9.23. The maximum Gasteiger partial charge on any atom is 0.164 e. The van der Waals surface area contributed by atoms with Crippen LogP contribution in [-0.2, 0) is 0 Å². The molecule has 17 heavy (non-hydrogen) atoms. The van der Waals surface area contributed by atoms with Gasteiger partial charge in [0.25, 0.3) is 0 Å². The van der Waals surface area contributed by atoms with Crippen LogP contribution in [0, 0.1) is 6.92 Å². The fourth-order valence-corrected chi connectivity index (χ4v) is 1.40. The lowest BCUT2D eigenvalue weighted by Gasteiger charge is -2.16. The molecule has 5 heteroatoms. The van der Waals surface area contributed by atoms with E-state index in [1.165, 1.54) is 7.11 Å². The first-order chi connectivity index (χ1) is 8.12. The highest BCUT2D eigenvalue weighted by Gasteiger charge is 2.12. The summed E-state index contributed by atoms with van der Waals surface area (Å²) in [7, 11) is 3.10. The average molecular weight is 242 g/mol. The Kier molecular flexibility index (Phi) is 5.06. The molecule has 0 heterocycles. The Morgan fingerprint density at radius 3 is 2.47 bits per heavy atom. The van der Waals surface area contributed by atoms with Crippen molar-refractivity contribution in [3.8, 4) is 17.2 Å². The summed E-state index contributed by atoms with van der Waals surface area (Å²) in [6, 6.07) is 3.51. The third kappa shape index (κ3) is 3.51. The Bertz CT molecular complexity index is 364. The zero-order valence-electron chi connectivity index (χ0n) is 10.3. The molecule has 0 aliphatic rings. The van der Waals surface area contributed by atoms with E-state index in [2.05, 4.69) is 0 Å². The number of hydrogen-bond donors (Lipinski definition) is 2. The molecule has 0 saturated carbocycles. The summed E-state index contributed by atoms with van der Waals surface area (Å²) >= 11 is 0. The van der Waals surface area contributed by atoms with E-state index in [1.54, 1.807) is 13.2 Å². The molecule has 0 aliphatic carbocycles. The van der Waals surface area contributed by atoms with Crippen LogP contribution < -0.4 is 14.2 Å². The zero-order valence-corrected chi connectivity index (χ0v) is 10.3. The second kappa shape index (κ2) is 6.32. The molecule has 1 atom stereocenters. The molecule has 1 rings (SSSR count). The summed E-state index contributed by atoms with van der Waals surface area (Å²) in [4.78, 5) is 0. The second-order valence-corrected chi connectivity index (χ2v) is 3.62. The van der Waals surface area contributed by atoms with Gasteiger partial charge in [-0.2, -0.15) is 0 Å². The van der Waals surface area contributed by atoms with Crippen LogP contribution in [0.25, 0.3) is 0 Å². The van der Waals surface area contributed by atoms with E-state index in [0.29, 0.717) is 17.2 Å². The number of aryl methyl sites for hydroxylation is 1. The van der Waals surface area contributed by atoms with Crippen LogP contribution in [0.15, 0.2) is 12.1 Å². The van der Waals surface area contributed by atoms with Gasteiger partial charge in [0.2, 0.25) is 0 Å². The smallest absolute Gasteiger partial charge is 0.164 e. The molecule has 1 aromatic rings. The molecule has 96 valence electrons. The second-order valence-electron chi connectivity index (χ2n) is 3.62. The number of aliphatic hydroxyl groups excluding tert-OH is 2. The van der Waals surface area contributed by atoms with Crippen molar-refractivity contribution in [3.05, 3.63) is 17.7 Å². The van der Waals surface area contributed by atoms with Gasteiger partial charge >= 0.3 is 0 Å². The van der Waals surface area contributed by atoms with Gasteiger partial charge in [0.1, 0.15) is 18.5 Å². The summed E-state index contributed by atoms with van der Waals surface area (Å²) in [6.07, 6.45) is -0.902. The Morgan fingerprint density at radius 1 is 1.24 bits per heavy atom. The van der Waals surface area contributed by atoms with Gasteiger partial charge in [-0.15, -0.1) is 0 Å². The molecular formula is C12H18O5. The summed E-state index contributed by atoms with van der Waals surface area (Å²) in [5.74, 6) is 1.75. The van der Waals surface area contributed by atoms with Crippen molar-refractivity contribution >= 4 is 0 Å². The van der Waals surface area contributed by atoms with Gasteiger partial charge in [-0.1, -0.05) is 0 Å². The summed E-state index contributed by atoms with van der Waals surface area (Å²) in [5, 5.41) is 17.9. The average Bonchev–Trinajstić information content (AvgIpc) is 2.35. The minimum absolute atomic E-state index is 0.0139. The van der Waals surface area contributed by atoms with E-state index >= 15 is 0 Å².